The Bertz CT molecular complexity index is 3550. The van der Waals surface area contributed by atoms with Gasteiger partial charge in [0.05, 0.1) is 22.1 Å². The van der Waals surface area contributed by atoms with E-state index in [0.29, 0.717) is 17.5 Å². The minimum Gasteiger partial charge on any atom is -0.309 e. The van der Waals surface area contributed by atoms with Gasteiger partial charge in [0.25, 0.3) is 0 Å². The van der Waals surface area contributed by atoms with Crippen molar-refractivity contribution < 1.29 is 0 Å². The molecule has 0 radical (unpaired) electrons. The lowest BCUT2D eigenvalue weighted by Gasteiger charge is -2.12. The normalized spacial score (nSPS) is 11.7. The van der Waals surface area contributed by atoms with Gasteiger partial charge >= 0.3 is 0 Å². The molecule has 3 aromatic heterocycles. The van der Waals surface area contributed by atoms with Crippen molar-refractivity contribution in [2.45, 2.75) is 0 Å². The van der Waals surface area contributed by atoms with E-state index >= 15 is 0 Å². The lowest BCUT2D eigenvalue weighted by molar-refractivity contribution is 1.07. The van der Waals surface area contributed by atoms with Gasteiger partial charge in [-0.15, -0.1) is 0 Å². The molecule has 60 heavy (non-hydrogen) atoms. The van der Waals surface area contributed by atoms with E-state index in [1.165, 1.54) is 43.5 Å². The van der Waals surface area contributed by atoms with E-state index in [2.05, 4.69) is 215 Å². The Hall–Kier alpha value is -8.15. The van der Waals surface area contributed by atoms with Crippen molar-refractivity contribution >= 4 is 54.4 Å². The van der Waals surface area contributed by atoms with Crippen molar-refractivity contribution in [2.24, 2.45) is 0 Å². The number of fused-ring (bicyclic) bond motifs is 7. The van der Waals surface area contributed by atoms with Crippen LogP contribution in [0.5, 0.6) is 0 Å². The molecular formula is C55H35N5. The van der Waals surface area contributed by atoms with Crippen LogP contribution in [0.3, 0.4) is 0 Å². The van der Waals surface area contributed by atoms with E-state index in [1.807, 2.05) is 6.07 Å². The zero-order valence-corrected chi connectivity index (χ0v) is 32.4. The Labute approximate surface area is 346 Å². The van der Waals surface area contributed by atoms with E-state index in [9.17, 15) is 0 Å². The zero-order valence-electron chi connectivity index (χ0n) is 32.4. The van der Waals surface area contributed by atoms with Crippen LogP contribution < -0.4 is 0 Å². The van der Waals surface area contributed by atoms with Crippen LogP contribution in [0.4, 0.5) is 0 Å². The summed E-state index contributed by atoms with van der Waals surface area (Å²) in [5.74, 6) is 1.88. The second-order valence-corrected chi connectivity index (χ2v) is 15.3. The fourth-order valence-corrected chi connectivity index (χ4v) is 8.90. The lowest BCUT2D eigenvalue weighted by atomic mass is 10.0. The number of hydrogen-bond acceptors (Lipinski definition) is 3. The van der Waals surface area contributed by atoms with Gasteiger partial charge in [0.15, 0.2) is 17.5 Å². The molecule has 0 spiro atoms. The monoisotopic (exact) mass is 765 g/mol. The van der Waals surface area contributed by atoms with Crippen LogP contribution in [-0.4, -0.2) is 24.1 Å². The second-order valence-electron chi connectivity index (χ2n) is 15.3. The molecule has 0 amide bonds. The third kappa shape index (κ3) is 5.59. The molecule has 0 fully saturated rings. The summed E-state index contributed by atoms with van der Waals surface area (Å²) in [4.78, 5) is 15.4. The first kappa shape index (κ1) is 33.9. The van der Waals surface area contributed by atoms with Crippen molar-refractivity contribution in [3.63, 3.8) is 0 Å². The Morgan fingerprint density at radius 2 is 0.700 bits per heavy atom. The van der Waals surface area contributed by atoms with Gasteiger partial charge < -0.3 is 9.13 Å². The highest BCUT2D eigenvalue weighted by molar-refractivity contribution is 6.12. The summed E-state index contributed by atoms with van der Waals surface area (Å²) in [5, 5.41) is 7.20. The number of nitrogens with zero attached hydrogens (tertiary/aromatic N) is 5. The van der Waals surface area contributed by atoms with Crippen molar-refractivity contribution in [1.82, 2.24) is 24.1 Å². The molecule has 0 unspecified atom stereocenters. The Balaban J connectivity index is 1.01. The molecule has 0 aliphatic carbocycles. The molecule has 0 saturated heterocycles. The number of hydrogen-bond donors (Lipinski definition) is 0. The highest BCUT2D eigenvalue weighted by Gasteiger charge is 2.18. The zero-order chi connectivity index (χ0) is 39.6. The summed E-state index contributed by atoms with van der Waals surface area (Å²) in [7, 11) is 0. The van der Waals surface area contributed by atoms with Crippen LogP contribution >= 0.6 is 0 Å². The third-order valence-electron chi connectivity index (χ3n) is 11.8. The minimum absolute atomic E-state index is 0.617. The van der Waals surface area contributed by atoms with Gasteiger partial charge in [-0.05, 0) is 76.5 Å². The molecule has 0 N–H and O–H groups in total. The average Bonchev–Trinajstić information content (AvgIpc) is 3.84. The van der Waals surface area contributed by atoms with Gasteiger partial charge in [-0.2, -0.15) is 0 Å². The molecule has 9 aromatic carbocycles. The maximum atomic E-state index is 5.17. The first-order valence-corrected chi connectivity index (χ1v) is 20.3. The molecule has 0 aliphatic heterocycles. The predicted octanol–water partition coefficient (Wildman–Crippen LogP) is 13.9. The molecule has 0 atom stereocenters. The standard InChI is InChI=1S/C55H35N5/c1-2-13-36(14-3-1)38-25-28-39(29-26-38)53-56-54(58-55(57-53)42-30-27-37-15-4-5-16-40(37)33-42)41-17-12-18-43(34-41)59-51-24-11-8-21-47(51)48-35-44(31-32-52(48)59)60-49-22-9-6-19-45(49)46-20-7-10-23-50(46)60/h1-35H. The minimum atomic E-state index is 0.617. The molecule has 0 aliphatic rings. The highest BCUT2D eigenvalue weighted by atomic mass is 15.0. The largest absolute Gasteiger partial charge is 0.309 e. The summed E-state index contributed by atoms with van der Waals surface area (Å²) < 4.78 is 4.75. The molecular weight excluding hydrogens is 731 g/mol. The quantitative estimate of drug-likeness (QED) is 0.169. The van der Waals surface area contributed by atoms with Gasteiger partial charge in [0.1, 0.15) is 0 Å². The van der Waals surface area contributed by atoms with E-state index in [1.54, 1.807) is 0 Å². The maximum Gasteiger partial charge on any atom is 0.164 e. The van der Waals surface area contributed by atoms with Crippen molar-refractivity contribution in [1.29, 1.82) is 0 Å². The fraction of sp³-hybridized carbons (Fsp3) is 0. The van der Waals surface area contributed by atoms with Crippen LogP contribution in [0.15, 0.2) is 212 Å². The van der Waals surface area contributed by atoms with Gasteiger partial charge in [-0.25, -0.2) is 15.0 Å². The van der Waals surface area contributed by atoms with Gasteiger partial charge in [0.2, 0.25) is 0 Å². The van der Waals surface area contributed by atoms with Crippen LogP contribution in [0.25, 0.3) is 111 Å². The summed E-state index contributed by atoms with van der Waals surface area (Å²) in [5.41, 5.74) is 11.9. The predicted molar refractivity (Wildman–Crippen MR) is 248 cm³/mol. The van der Waals surface area contributed by atoms with E-state index in [-0.39, 0.29) is 0 Å². The SMILES string of the molecule is c1ccc(-c2ccc(-c3nc(-c4cccc(-n5c6ccccc6c6cc(-n7c8ccccc8c8ccccc87)ccc65)c4)nc(-c4ccc5ccccc5c4)n3)cc2)cc1. The molecule has 12 rings (SSSR count). The highest BCUT2D eigenvalue weighted by Crippen LogP contribution is 2.38. The van der Waals surface area contributed by atoms with Crippen molar-refractivity contribution in [3.8, 4) is 56.7 Å². The number of aromatic nitrogens is 5. The van der Waals surface area contributed by atoms with Gasteiger partial charge in [-0.1, -0.05) is 158 Å². The third-order valence-corrected chi connectivity index (χ3v) is 11.8. The molecule has 3 heterocycles. The van der Waals surface area contributed by atoms with E-state index in [0.717, 1.165) is 50.0 Å². The first-order valence-electron chi connectivity index (χ1n) is 20.3. The second kappa shape index (κ2) is 13.8. The summed E-state index contributed by atoms with van der Waals surface area (Å²) in [6.07, 6.45) is 0. The first-order chi connectivity index (χ1) is 29.7. The summed E-state index contributed by atoms with van der Waals surface area (Å²) >= 11 is 0. The average molecular weight is 766 g/mol. The summed E-state index contributed by atoms with van der Waals surface area (Å²) in [6, 6.07) is 75.2. The molecule has 0 bridgehead atoms. The molecule has 280 valence electrons. The number of rotatable bonds is 6. The van der Waals surface area contributed by atoms with Gasteiger partial charge in [-0.3, -0.25) is 0 Å². The molecule has 0 saturated carbocycles. The van der Waals surface area contributed by atoms with Crippen LogP contribution in [0.2, 0.25) is 0 Å². The van der Waals surface area contributed by atoms with Crippen LogP contribution in [-0.2, 0) is 0 Å². The van der Waals surface area contributed by atoms with E-state index in [4.69, 9.17) is 15.0 Å². The molecule has 12 aromatic rings. The van der Waals surface area contributed by atoms with E-state index < -0.39 is 0 Å². The van der Waals surface area contributed by atoms with Gasteiger partial charge in [0, 0.05) is 49.6 Å². The number of para-hydroxylation sites is 3. The fourth-order valence-electron chi connectivity index (χ4n) is 8.90. The maximum absolute atomic E-state index is 5.17. The summed E-state index contributed by atoms with van der Waals surface area (Å²) in [6.45, 7) is 0. The Kier molecular flexibility index (Phi) is 7.78. The lowest BCUT2D eigenvalue weighted by Crippen LogP contribution is -2.01. The molecule has 5 nitrogen and oxygen atoms in total. The topological polar surface area (TPSA) is 48.5 Å². The number of benzene rings is 9. The van der Waals surface area contributed by atoms with Crippen molar-refractivity contribution in [3.05, 3.63) is 212 Å². The van der Waals surface area contributed by atoms with Crippen LogP contribution in [0.1, 0.15) is 0 Å². The Morgan fingerprint density at radius 3 is 1.37 bits per heavy atom. The smallest absolute Gasteiger partial charge is 0.164 e. The van der Waals surface area contributed by atoms with Crippen molar-refractivity contribution in [2.75, 3.05) is 0 Å². The van der Waals surface area contributed by atoms with Crippen LogP contribution in [0, 0.1) is 0 Å². The Morgan fingerprint density at radius 1 is 0.250 bits per heavy atom. The molecule has 5 heteroatoms.